The van der Waals surface area contributed by atoms with E-state index in [1.54, 1.807) is 12.1 Å². The summed E-state index contributed by atoms with van der Waals surface area (Å²) in [6.45, 7) is 3.82. The predicted molar refractivity (Wildman–Crippen MR) is 102 cm³/mol. The van der Waals surface area contributed by atoms with E-state index in [-0.39, 0.29) is 5.75 Å². The molecule has 0 amide bonds. The highest BCUT2D eigenvalue weighted by molar-refractivity contribution is 5.95. The molecule has 5 heteroatoms. The number of nitriles is 1. The van der Waals surface area contributed by atoms with Crippen molar-refractivity contribution in [2.45, 2.75) is 13.3 Å². The smallest absolute Gasteiger partial charge is 0.126 e. The first kappa shape index (κ1) is 16.2. The van der Waals surface area contributed by atoms with Crippen LogP contribution in [0.4, 0.5) is 0 Å². The van der Waals surface area contributed by atoms with E-state index in [0.717, 1.165) is 41.5 Å². The van der Waals surface area contributed by atoms with Gasteiger partial charge in [-0.05, 0) is 49.2 Å². The molecule has 0 unspecified atom stereocenters. The van der Waals surface area contributed by atoms with Gasteiger partial charge in [-0.25, -0.2) is 0 Å². The Bertz CT molecular complexity index is 1080. The minimum absolute atomic E-state index is 0.0381. The van der Waals surface area contributed by atoms with Crippen molar-refractivity contribution in [3.63, 3.8) is 0 Å². The van der Waals surface area contributed by atoms with Crippen molar-refractivity contribution in [2.24, 2.45) is 0 Å². The van der Waals surface area contributed by atoms with Gasteiger partial charge in [0.15, 0.2) is 0 Å². The summed E-state index contributed by atoms with van der Waals surface area (Å²) in [5.41, 5.74) is 5.80. The Labute approximate surface area is 151 Å². The average molecular weight is 342 g/mol. The van der Waals surface area contributed by atoms with Crippen LogP contribution in [0.5, 0.6) is 5.75 Å². The van der Waals surface area contributed by atoms with Crippen molar-refractivity contribution in [1.29, 1.82) is 5.26 Å². The van der Waals surface area contributed by atoms with Crippen LogP contribution in [0.1, 0.15) is 23.1 Å². The molecule has 128 valence electrons. The van der Waals surface area contributed by atoms with Gasteiger partial charge in [0.1, 0.15) is 17.0 Å². The van der Waals surface area contributed by atoms with Crippen LogP contribution < -0.4 is 5.32 Å². The van der Waals surface area contributed by atoms with Crippen molar-refractivity contribution < 1.29 is 5.11 Å². The van der Waals surface area contributed by atoms with Crippen LogP contribution in [0.3, 0.4) is 0 Å². The number of phenolic OH excluding ortho intramolecular Hbond substituents is 1. The van der Waals surface area contributed by atoms with Crippen LogP contribution in [0.25, 0.3) is 27.7 Å². The van der Waals surface area contributed by atoms with E-state index in [1.165, 1.54) is 11.6 Å². The summed E-state index contributed by atoms with van der Waals surface area (Å²) in [5, 5.41) is 32.6. The van der Waals surface area contributed by atoms with E-state index < -0.39 is 0 Å². The summed E-state index contributed by atoms with van der Waals surface area (Å²) < 4.78 is 0. The largest absolute Gasteiger partial charge is 0.507 e. The van der Waals surface area contributed by atoms with Crippen molar-refractivity contribution in [3.8, 4) is 23.1 Å². The van der Waals surface area contributed by atoms with Gasteiger partial charge in [0.25, 0.3) is 0 Å². The van der Waals surface area contributed by atoms with Gasteiger partial charge in [-0.1, -0.05) is 24.3 Å². The molecule has 0 spiro atoms. The number of hydrogen-bond donors (Lipinski definition) is 2. The second-order valence-electron chi connectivity index (χ2n) is 6.41. The first-order valence-corrected chi connectivity index (χ1v) is 8.58. The summed E-state index contributed by atoms with van der Waals surface area (Å²) in [4.78, 5) is 0. The van der Waals surface area contributed by atoms with E-state index >= 15 is 0 Å². The fourth-order valence-electron chi connectivity index (χ4n) is 3.42. The lowest BCUT2D eigenvalue weighted by molar-refractivity contribution is 0.477. The van der Waals surface area contributed by atoms with Crippen molar-refractivity contribution >= 4 is 16.5 Å². The van der Waals surface area contributed by atoms with Crippen molar-refractivity contribution in [3.05, 3.63) is 59.2 Å². The van der Waals surface area contributed by atoms with Gasteiger partial charge in [0.2, 0.25) is 0 Å². The second-order valence-corrected chi connectivity index (χ2v) is 6.41. The third-order valence-electron chi connectivity index (χ3n) is 4.80. The van der Waals surface area contributed by atoms with Crippen LogP contribution in [0.15, 0.2) is 42.5 Å². The molecule has 1 aliphatic heterocycles. The third-order valence-corrected chi connectivity index (χ3v) is 4.80. The molecule has 0 fully saturated rings. The number of aromatic nitrogens is 2. The van der Waals surface area contributed by atoms with Gasteiger partial charge in [-0.15, -0.1) is 10.2 Å². The Hall–Kier alpha value is -3.23. The lowest BCUT2D eigenvalue weighted by Crippen LogP contribution is -2.21. The Balaban J connectivity index is 1.89. The number of benzene rings is 2. The zero-order valence-corrected chi connectivity index (χ0v) is 14.5. The Morgan fingerprint density at radius 3 is 2.77 bits per heavy atom. The van der Waals surface area contributed by atoms with E-state index in [0.29, 0.717) is 16.8 Å². The Kier molecular flexibility index (Phi) is 4.11. The molecule has 0 atom stereocenters. The summed E-state index contributed by atoms with van der Waals surface area (Å²) in [5.74, 6) is 0.0381. The average Bonchev–Trinajstić information content (AvgIpc) is 2.69. The lowest BCUT2D eigenvalue weighted by Gasteiger charge is -2.17. The molecular formula is C21H18N4O. The predicted octanol–water partition coefficient (Wildman–Crippen LogP) is 3.56. The van der Waals surface area contributed by atoms with Crippen LogP contribution in [0.2, 0.25) is 0 Å². The SMILES string of the molecule is Cc1c(-c2ccc(C#N)cc2O)nnc2c(C3=CCCNC3)cccc12. The minimum Gasteiger partial charge on any atom is -0.507 e. The molecule has 0 bridgehead atoms. The van der Waals surface area contributed by atoms with Crippen LogP contribution in [0, 0.1) is 18.3 Å². The minimum atomic E-state index is 0.0381. The first-order chi connectivity index (χ1) is 12.7. The Morgan fingerprint density at radius 1 is 1.15 bits per heavy atom. The van der Waals surface area contributed by atoms with Gasteiger partial charge in [0, 0.05) is 23.1 Å². The first-order valence-electron chi connectivity index (χ1n) is 8.58. The molecule has 0 saturated heterocycles. The van der Waals surface area contributed by atoms with Crippen LogP contribution in [-0.4, -0.2) is 28.4 Å². The summed E-state index contributed by atoms with van der Waals surface area (Å²) in [6, 6.07) is 13.0. The van der Waals surface area contributed by atoms with Crippen LogP contribution in [-0.2, 0) is 0 Å². The maximum atomic E-state index is 10.3. The zero-order valence-electron chi connectivity index (χ0n) is 14.5. The van der Waals surface area contributed by atoms with Crippen molar-refractivity contribution in [2.75, 3.05) is 13.1 Å². The maximum absolute atomic E-state index is 10.3. The number of fused-ring (bicyclic) bond motifs is 1. The molecule has 1 aliphatic rings. The number of phenols is 1. The molecule has 2 heterocycles. The Morgan fingerprint density at radius 2 is 2.04 bits per heavy atom. The molecule has 2 aromatic carbocycles. The molecular weight excluding hydrogens is 324 g/mol. The lowest BCUT2D eigenvalue weighted by atomic mass is 9.96. The van der Waals surface area contributed by atoms with Gasteiger partial charge < -0.3 is 10.4 Å². The third kappa shape index (κ3) is 2.71. The monoisotopic (exact) mass is 342 g/mol. The number of hydrogen-bond acceptors (Lipinski definition) is 5. The molecule has 5 nitrogen and oxygen atoms in total. The summed E-state index contributed by atoms with van der Waals surface area (Å²) in [6.07, 6.45) is 3.26. The molecule has 4 rings (SSSR count). The quantitative estimate of drug-likeness (QED) is 0.744. The van der Waals surface area contributed by atoms with E-state index in [4.69, 9.17) is 5.26 Å². The zero-order chi connectivity index (χ0) is 18.1. The number of nitrogens with zero attached hydrogens (tertiary/aromatic N) is 3. The van der Waals surface area contributed by atoms with E-state index in [2.05, 4.69) is 27.7 Å². The highest BCUT2D eigenvalue weighted by atomic mass is 16.3. The molecule has 0 radical (unpaired) electrons. The molecule has 1 aromatic heterocycles. The summed E-state index contributed by atoms with van der Waals surface area (Å²) >= 11 is 0. The molecule has 2 N–H and O–H groups in total. The van der Waals surface area contributed by atoms with E-state index in [1.807, 2.05) is 25.1 Å². The van der Waals surface area contributed by atoms with Gasteiger partial charge >= 0.3 is 0 Å². The van der Waals surface area contributed by atoms with Crippen LogP contribution >= 0.6 is 0 Å². The molecule has 26 heavy (non-hydrogen) atoms. The maximum Gasteiger partial charge on any atom is 0.126 e. The normalized spacial score (nSPS) is 14.1. The van der Waals surface area contributed by atoms with Gasteiger partial charge in [-0.2, -0.15) is 5.26 Å². The topological polar surface area (TPSA) is 81.8 Å². The fraction of sp³-hybridized carbons (Fsp3) is 0.190. The fourth-order valence-corrected chi connectivity index (χ4v) is 3.42. The number of nitrogens with one attached hydrogen (secondary N) is 1. The highest BCUT2D eigenvalue weighted by Crippen LogP contribution is 2.34. The van der Waals surface area contributed by atoms with Gasteiger partial charge in [-0.3, -0.25) is 0 Å². The van der Waals surface area contributed by atoms with Crippen molar-refractivity contribution in [1.82, 2.24) is 15.5 Å². The number of rotatable bonds is 2. The summed E-state index contributed by atoms with van der Waals surface area (Å²) in [7, 11) is 0. The highest BCUT2D eigenvalue weighted by Gasteiger charge is 2.16. The number of aromatic hydroxyl groups is 1. The molecule has 0 aliphatic carbocycles. The second kappa shape index (κ2) is 6.58. The van der Waals surface area contributed by atoms with Gasteiger partial charge in [0.05, 0.1) is 11.6 Å². The standard InChI is InChI=1S/C21H18N4O/c1-13-16-5-2-6-17(15-4-3-9-23-12-15)21(16)25-24-20(13)18-8-7-14(11-22)10-19(18)26/h2,4-8,10,23,26H,3,9,12H2,1H3. The van der Waals surface area contributed by atoms with E-state index in [9.17, 15) is 5.11 Å². The molecule has 3 aromatic rings. The number of aryl methyl sites for hydroxylation is 1. The molecule has 0 saturated carbocycles.